The number of pyridine rings is 1. The maximum atomic E-state index is 12.9. The smallest absolute Gasteiger partial charge is 0.209 e. The van der Waals surface area contributed by atoms with Gasteiger partial charge in [0.15, 0.2) is 6.19 Å². The summed E-state index contributed by atoms with van der Waals surface area (Å²) < 4.78 is 25.7. The molecule has 0 amide bonds. The van der Waals surface area contributed by atoms with E-state index in [1.807, 2.05) is 6.19 Å². The number of anilines is 1. The van der Waals surface area contributed by atoms with Crippen LogP contribution in [0.3, 0.4) is 0 Å². The van der Waals surface area contributed by atoms with Gasteiger partial charge >= 0.3 is 0 Å². The van der Waals surface area contributed by atoms with Crippen LogP contribution in [0.25, 0.3) is 0 Å². The van der Waals surface area contributed by atoms with Crippen LogP contribution in [-0.4, -0.2) is 19.4 Å². The Hall–Kier alpha value is -3.41. The highest BCUT2D eigenvalue weighted by Gasteiger charge is 2.18. The van der Waals surface area contributed by atoms with Crippen LogP contribution in [0.5, 0.6) is 0 Å². The van der Waals surface area contributed by atoms with Gasteiger partial charge in [-0.15, -0.1) is 0 Å². The Morgan fingerprint density at radius 3 is 2.43 bits per heavy atom. The fourth-order valence-electron chi connectivity index (χ4n) is 2.67. The number of halogens is 1. The number of nitrogens with one attached hydrogen (secondary N) is 2. The van der Waals surface area contributed by atoms with E-state index < -0.39 is 9.84 Å². The van der Waals surface area contributed by atoms with Crippen molar-refractivity contribution < 1.29 is 8.42 Å². The Morgan fingerprint density at radius 2 is 1.80 bits per heavy atom. The third-order valence-corrected chi connectivity index (χ3v) is 6.06. The second-order valence-corrected chi connectivity index (χ2v) is 8.76. The van der Waals surface area contributed by atoms with Gasteiger partial charge in [0.1, 0.15) is 0 Å². The number of benzene rings is 2. The maximum absolute atomic E-state index is 12.9. The summed E-state index contributed by atoms with van der Waals surface area (Å²) in [6.07, 6.45) is 5.07. The molecule has 30 heavy (non-hydrogen) atoms. The van der Waals surface area contributed by atoms with Crippen molar-refractivity contribution in [2.75, 3.05) is 5.32 Å². The molecule has 0 radical (unpaired) electrons. The molecule has 0 unspecified atom stereocenters. The number of aromatic nitrogens is 1. The third kappa shape index (κ3) is 5.35. The highest BCUT2D eigenvalue weighted by Crippen LogP contribution is 2.25. The summed E-state index contributed by atoms with van der Waals surface area (Å²) in [5, 5.41) is 14.8. The molecule has 3 aromatic rings. The van der Waals surface area contributed by atoms with Gasteiger partial charge in [0.05, 0.1) is 16.3 Å². The van der Waals surface area contributed by atoms with Crippen molar-refractivity contribution >= 4 is 33.1 Å². The molecule has 0 saturated heterocycles. The molecule has 7 nitrogen and oxygen atoms in total. The van der Waals surface area contributed by atoms with E-state index in [0.29, 0.717) is 5.02 Å². The predicted octanol–water partition coefficient (Wildman–Crippen LogP) is 3.92. The molecule has 2 N–H and O–H groups in total. The molecule has 9 heteroatoms. The molecule has 0 aliphatic carbocycles. The molecule has 0 bridgehead atoms. The van der Waals surface area contributed by atoms with Crippen molar-refractivity contribution in [2.24, 2.45) is 4.99 Å². The summed E-state index contributed by atoms with van der Waals surface area (Å²) in [4.78, 5) is 8.59. The first-order valence-corrected chi connectivity index (χ1v) is 10.7. The zero-order valence-electron chi connectivity index (χ0n) is 16.0. The number of aliphatic imine (C=N–C) groups is 1. The number of hydrogen-bond donors (Lipinski definition) is 2. The Kier molecular flexibility index (Phi) is 6.67. The fraction of sp³-hybridized carbons (Fsp3) is 0.0952. The van der Waals surface area contributed by atoms with Crippen LogP contribution < -0.4 is 10.6 Å². The summed E-state index contributed by atoms with van der Waals surface area (Å²) in [7, 11) is -3.68. The lowest BCUT2D eigenvalue weighted by Gasteiger charge is -2.09. The van der Waals surface area contributed by atoms with Crippen molar-refractivity contribution in [2.45, 2.75) is 23.3 Å². The number of nitrogens with zero attached hydrogens (tertiary/aromatic N) is 3. The third-order valence-electron chi connectivity index (χ3n) is 4.10. The topological polar surface area (TPSA) is 107 Å². The molecule has 3 rings (SSSR count). The standard InChI is InChI=1S/C21H18ClN5O2S/c1-15-10-17(22)12-20(11-15)30(28,29)19-4-2-16(3-5-19)13-25-21(26-14-23)27-18-6-8-24-9-7-18/h2-12H,13H2,1H3,(H2,24,25,26,27). The van der Waals surface area contributed by atoms with Crippen LogP contribution in [0.2, 0.25) is 5.02 Å². The average Bonchev–Trinajstić information content (AvgIpc) is 2.72. The number of sulfone groups is 1. The zero-order chi connectivity index (χ0) is 21.6. The van der Waals surface area contributed by atoms with Gasteiger partial charge in [-0.3, -0.25) is 10.3 Å². The van der Waals surface area contributed by atoms with Gasteiger partial charge in [-0.25, -0.2) is 13.4 Å². The second-order valence-electron chi connectivity index (χ2n) is 6.37. The van der Waals surface area contributed by atoms with Gasteiger partial charge in [-0.1, -0.05) is 23.7 Å². The number of guanidine groups is 1. The quantitative estimate of drug-likeness (QED) is 0.270. The van der Waals surface area contributed by atoms with E-state index in [4.69, 9.17) is 16.9 Å². The molecule has 0 atom stereocenters. The van der Waals surface area contributed by atoms with E-state index in [-0.39, 0.29) is 22.3 Å². The molecule has 0 fully saturated rings. The predicted molar refractivity (Wildman–Crippen MR) is 116 cm³/mol. The second kappa shape index (κ2) is 9.39. The minimum atomic E-state index is -3.68. The molecule has 0 spiro atoms. The maximum Gasteiger partial charge on any atom is 0.209 e. The molecule has 2 aromatic carbocycles. The average molecular weight is 440 g/mol. The molecule has 0 aliphatic rings. The van der Waals surface area contributed by atoms with Gasteiger partial charge < -0.3 is 5.32 Å². The van der Waals surface area contributed by atoms with Crippen LogP contribution >= 0.6 is 11.6 Å². The van der Waals surface area contributed by atoms with Crippen molar-refractivity contribution in [3.05, 3.63) is 83.1 Å². The summed E-state index contributed by atoms with van der Waals surface area (Å²) in [6.45, 7) is 2.04. The molecular weight excluding hydrogens is 422 g/mol. The largest absolute Gasteiger partial charge is 0.325 e. The normalized spacial score (nSPS) is 11.6. The summed E-state index contributed by atoms with van der Waals surface area (Å²) in [6, 6.07) is 14.6. The Bertz CT molecular complexity index is 1180. The lowest BCUT2D eigenvalue weighted by Crippen LogP contribution is -2.26. The van der Waals surface area contributed by atoms with Gasteiger partial charge in [0.2, 0.25) is 15.8 Å². The van der Waals surface area contributed by atoms with Crippen LogP contribution in [0, 0.1) is 18.4 Å². The Labute approximate surface area is 180 Å². The monoisotopic (exact) mass is 439 g/mol. The van der Waals surface area contributed by atoms with Crippen molar-refractivity contribution in [1.82, 2.24) is 10.3 Å². The number of aryl methyl sites for hydroxylation is 1. The lowest BCUT2D eigenvalue weighted by molar-refractivity contribution is 0.596. The van der Waals surface area contributed by atoms with Crippen molar-refractivity contribution in [3.8, 4) is 6.19 Å². The number of hydrogen-bond acceptors (Lipinski definition) is 5. The van der Waals surface area contributed by atoms with Crippen LogP contribution in [0.15, 0.2) is 81.8 Å². The van der Waals surface area contributed by atoms with E-state index in [2.05, 4.69) is 20.6 Å². The van der Waals surface area contributed by atoms with E-state index in [9.17, 15) is 8.42 Å². The lowest BCUT2D eigenvalue weighted by atomic mass is 10.2. The molecule has 152 valence electrons. The fourth-order valence-corrected chi connectivity index (χ4v) is 4.42. The summed E-state index contributed by atoms with van der Waals surface area (Å²) in [5.41, 5.74) is 2.28. The van der Waals surface area contributed by atoms with Crippen molar-refractivity contribution in [1.29, 1.82) is 5.26 Å². The number of nitriles is 1. The van der Waals surface area contributed by atoms with Crippen molar-refractivity contribution in [3.63, 3.8) is 0 Å². The van der Waals surface area contributed by atoms with Gasteiger partial charge in [-0.05, 0) is 60.5 Å². The molecular formula is C21H18ClN5O2S. The van der Waals surface area contributed by atoms with Crippen LogP contribution in [-0.2, 0) is 16.4 Å². The van der Waals surface area contributed by atoms with Crippen LogP contribution in [0.1, 0.15) is 11.1 Å². The summed E-state index contributed by atoms with van der Waals surface area (Å²) >= 11 is 6.01. The van der Waals surface area contributed by atoms with E-state index in [0.717, 1.165) is 16.8 Å². The Morgan fingerprint density at radius 1 is 1.10 bits per heavy atom. The van der Waals surface area contributed by atoms with Gasteiger partial charge in [0, 0.05) is 23.1 Å². The van der Waals surface area contributed by atoms with Gasteiger partial charge in [-0.2, -0.15) is 5.26 Å². The van der Waals surface area contributed by atoms with E-state index in [1.54, 1.807) is 55.7 Å². The molecule has 1 aromatic heterocycles. The zero-order valence-corrected chi connectivity index (χ0v) is 17.6. The minimum absolute atomic E-state index is 0.153. The van der Waals surface area contributed by atoms with E-state index >= 15 is 0 Å². The highest BCUT2D eigenvalue weighted by atomic mass is 35.5. The summed E-state index contributed by atoms with van der Waals surface area (Å²) in [5.74, 6) is 0.273. The van der Waals surface area contributed by atoms with Crippen LogP contribution in [0.4, 0.5) is 5.69 Å². The number of rotatable bonds is 5. The first-order valence-electron chi connectivity index (χ1n) is 8.86. The molecule has 0 saturated carbocycles. The molecule has 1 heterocycles. The first kappa shape index (κ1) is 21.3. The van der Waals surface area contributed by atoms with E-state index in [1.165, 1.54) is 18.2 Å². The van der Waals surface area contributed by atoms with Gasteiger partial charge in [0.25, 0.3) is 0 Å². The first-order chi connectivity index (χ1) is 14.4. The Balaban J connectivity index is 1.77. The SMILES string of the molecule is Cc1cc(Cl)cc(S(=O)(=O)c2ccc(CN=C(NC#N)Nc3ccncc3)cc2)c1. The highest BCUT2D eigenvalue weighted by molar-refractivity contribution is 7.91. The minimum Gasteiger partial charge on any atom is -0.325 e. The molecule has 0 aliphatic heterocycles.